The first kappa shape index (κ1) is 21.0. The number of anilines is 1. The summed E-state index contributed by atoms with van der Waals surface area (Å²) in [7, 11) is 0. The Kier molecular flexibility index (Phi) is 6.86. The standard InChI is InChI=1S/C23H31ClN2O2/c1-23(2,3)18-7-9-22(10-8-18)28-17-21(27)16-25-11-13-26(14-12-25)20-6-4-5-19(24)15-20/h4-10,15,21,27H,11-14,16-17H2,1-3H3. The lowest BCUT2D eigenvalue weighted by Gasteiger charge is -2.36. The van der Waals surface area contributed by atoms with E-state index in [1.165, 1.54) is 5.56 Å². The van der Waals surface area contributed by atoms with Crippen molar-refractivity contribution < 1.29 is 9.84 Å². The van der Waals surface area contributed by atoms with E-state index < -0.39 is 6.10 Å². The highest BCUT2D eigenvalue weighted by atomic mass is 35.5. The van der Waals surface area contributed by atoms with E-state index >= 15 is 0 Å². The smallest absolute Gasteiger partial charge is 0.119 e. The Hall–Kier alpha value is -1.75. The van der Waals surface area contributed by atoms with Crippen LogP contribution in [0.15, 0.2) is 48.5 Å². The number of hydrogen-bond donors (Lipinski definition) is 1. The molecule has 0 radical (unpaired) electrons. The van der Waals surface area contributed by atoms with Gasteiger partial charge in [0, 0.05) is 43.4 Å². The molecular weight excluding hydrogens is 372 g/mol. The van der Waals surface area contributed by atoms with E-state index in [4.69, 9.17) is 16.3 Å². The number of halogens is 1. The molecule has 2 aromatic carbocycles. The predicted molar refractivity (Wildman–Crippen MR) is 117 cm³/mol. The van der Waals surface area contributed by atoms with Gasteiger partial charge in [-0.25, -0.2) is 0 Å². The molecule has 0 saturated carbocycles. The van der Waals surface area contributed by atoms with Gasteiger partial charge in [0.25, 0.3) is 0 Å². The molecule has 0 aliphatic carbocycles. The maximum absolute atomic E-state index is 10.4. The topological polar surface area (TPSA) is 35.9 Å². The highest BCUT2D eigenvalue weighted by molar-refractivity contribution is 6.30. The van der Waals surface area contributed by atoms with Gasteiger partial charge in [-0.15, -0.1) is 0 Å². The van der Waals surface area contributed by atoms with Gasteiger partial charge in [-0.1, -0.05) is 50.6 Å². The predicted octanol–water partition coefficient (Wildman–Crippen LogP) is 4.20. The van der Waals surface area contributed by atoms with Gasteiger partial charge in [0.1, 0.15) is 18.5 Å². The van der Waals surface area contributed by atoms with Gasteiger partial charge in [-0.2, -0.15) is 0 Å². The number of piperazine rings is 1. The first-order valence-electron chi connectivity index (χ1n) is 9.95. The van der Waals surface area contributed by atoms with Crippen molar-refractivity contribution in [2.24, 2.45) is 0 Å². The van der Waals surface area contributed by atoms with Gasteiger partial charge in [0.2, 0.25) is 0 Å². The van der Waals surface area contributed by atoms with Crippen molar-refractivity contribution in [2.45, 2.75) is 32.3 Å². The molecule has 1 unspecified atom stereocenters. The number of rotatable bonds is 6. The molecule has 1 aliphatic heterocycles. The van der Waals surface area contributed by atoms with Crippen LogP contribution in [0.3, 0.4) is 0 Å². The summed E-state index contributed by atoms with van der Waals surface area (Å²) in [6.07, 6.45) is -0.500. The molecule has 4 nitrogen and oxygen atoms in total. The number of benzene rings is 2. The molecule has 28 heavy (non-hydrogen) atoms. The third-order valence-corrected chi connectivity index (χ3v) is 5.41. The molecule has 0 amide bonds. The van der Waals surface area contributed by atoms with Crippen LogP contribution < -0.4 is 9.64 Å². The Balaban J connectivity index is 1.41. The molecule has 0 bridgehead atoms. The quantitative estimate of drug-likeness (QED) is 0.785. The van der Waals surface area contributed by atoms with Gasteiger partial charge >= 0.3 is 0 Å². The van der Waals surface area contributed by atoms with Crippen LogP contribution in [-0.4, -0.2) is 55.4 Å². The average Bonchev–Trinajstić information content (AvgIpc) is 2.67. The van der Waals surface area contributed by atoms with Gasteiger partial charge in [0.05, 0.1) is 0 Å². The molecule has 1 aliphatic rings. The Labute approximate surface area is 173 Å². The van der Waals surface area contributed by atoms with Crippen LogP contribution in [0.5, 0.6) is 5.75 Å². The second-order valence-electron chi connectivity index (χ2n) is 8.51. The summed E-state index contributed by atoms with van der Waals surface area (Å²) in [5, 5.41) is 11.1. The number of ether oxygens (including phenoxy) is 1. The molecule has 0 aromatic heterocycles. The summed E-state index contributed by atoms with van der Waals surface area (Å²) in [5.74, 6) is 0.804. The van der Waals surface area contributed by atoms with Crippen LogP contribution in [0.25, 0.3) is 0 Å². The van der Waals surface area contributed by atoms with Crippen LogP contribution in [0, 0.1) is 0 Å². The number of β-amino-alcohol motifs (C(OH)–C–C–N with tert-alkyl or cyclic N) is 1. The van der Waals surface area contributed by atoms with Gasteiger partial charge in [0.15, 0.2) is 0 Å². The molecule has 1 saturated heterocycles. The van der Waals surface area contributed by atoms with E-state index in [1.54, 1.807) is 0 Å². The third kappa shape index (κ3) is 5.87. The van der Waals surface area contributed by atoms with Gasteiger partial charge < -0.3 is 14.7 Å². The Morgan fingerprint density at radius 3 is 2.32 bits per heavy atom. The van der Waals surface area contributed by atoms with E-state index in [1.807, 2.05) is 30.3 Å². The van der Waals surface area contributed by atoms with Crippen molar-refractivity contribution in [3.8, 4) is 5.75 Å². The zero-order valence-electron chi connectivity index (χ0n) is 17.1. The summed E-state index contributed by atoms with van der Waals surface area (Å²) >= 11 is 6.09. The lowest BCUT2D eigenvalue weighted by Crippen LogP contribution is -2.49. The minimum atomic E-state index is -0.500. The van der Waals surface area contributed by atoms with Crippen LogP contribution >= 0.6 is 11.6 Å². The minimum Gasteiger partial charge on any atom is -0.491 e. The van der Waals surface area contributed by atoms with Crippen LogP contribution in [0.4, 0.5) is 5.69 Å². The Morgan fingerprint density at radius 2 is 1.71 bits per heavy atom. The lowest BCUT2D eigenvalue weighted by atomic mass is 9.87. The van der Waals surface area contributed by atoms with Gasteiger partial charge in [-0.05, 0) is 41.3 Å². The molecule has 3 rings (SSSR count). The number of aliphatic hydroxyl groups excluding tert-OH is 1. The first-order valence-corrected chi connectivity index (χ1v) is 10.3. The average molecular weight is 403 g/mol. The molecule has 1 heterocycles. The lowest BCUT2D eigenvalue weighted by molar-refractivity contribution is 0.0663. The van der Waals surface area contributed by atoms with Crippen LogP contribution in [-0.2, 0) is 5.41 Å². The van der Waals surface area contributed by atoms with E-state index in [0.717, 1.165) is 42.6 Å². The maximum Gasteiger partial charge on any atom is 0.119 e. The van der Waals surface area contributed by atoms with E-state index in [-0.39, 0.29) is 5.41 Å². The summed E-state index contributed by atoms with van der Waals surface area (Å²) in [6.45, 7) is 11.2. The van der Waals surface area contributed by atoms with E-state index in [0.29, 0.717) is 13.2 Å². The fourth-order valence-corrected chi connectivity index (χ4v) is 3.64. The molecule has 1 fully saturated rings. The molecule has 2 aromatic rings. The van der Waals surface area contributed by atoms with Crippen molar-refractivity contribution in [3.05, 3.63) is 59.1 Å². The monoisotopic (exact) mass is 402 g/mol. The van der Waals surface area contributed by atoms with Crippen LogP contribution in [0.1, 0.15) is 26.3 Å². The molecule has 1 atom stereocenters. The van der Waals surface area contributed by atoms with Gasteiger partial charge in [-0.3, -0.25) is 4.90 Å². The SMILES string of the molecule is CC(C)(C)c1ccc(OCC(O)CN2CCN(c3cccc(Cl)c3)CC2)cc1. The Bertz CT molecular complexity index is 750. The molecule has 1 N–H and O–H groups in total. The summed E-state index contributed by atoms with van der Waals surface area (Å²) in [5.41, 5.74) is 2.57. The second-order valence-corrected chi connectivity index (χ2v) is 8.94. The van der Waals surface area contributed by atoms with E-state index in [9.17, 15) is 5.11 Å². The van der Waals surface area contributed by atoms with Crippen molar-refractivity contribution in [2.75, 3.05) is 44.2 Å². The molecular formula is C23H31ClN2O2. The zero-order chi connectivity index (χ0) is 20.1. The largest absolute Gasteiger partial charge is 0.491 e. The number of nitrogens with zero attached hydrogens (tertiary/aromatic N) is 2. The third-order valence-electron chi connectivity index (χ3n) is 5.18. The second kappa shape index (κ2) is 9.17. The summed E-state index contributed by atoms with van der Waals surface area (Å²) in [4.78, 5) is 4.62. The summed E-state index contributed by atoms with van der Waals surface area (Å²) in [6, 6.07) is 16.1. The molecule has 5 heteroatoms. The molecule has 0 spiro atoms. The fourth-order valence-electron chi connectivity index (χ4n) is 3.46. The normalized spacial score (nSPS) is 16.8. The van der Waals surface area contributed by atoms with Crippen molar-refractivity contribution >= 4 is 17.3 Å². The van der Waals surface area contributed by atoms with Crippen molar-refractivity contribution in [1.82, 2.24) is 4.90 Å². The number of aliphatic hydroxyl groups is 1. The highest BCUT2D eigenvalue weighted by Crippen LogP contribution is 2.24. The number of hydrogen-bond acceptors (Lipinski definition) is 4. The van der Waals surface area contributed by atoms with Crippen molar-refractivity contribution in [3.63, 3.8) is 0 Å². The minimum absolute atomic E-state index is 0.130. The summed E-state index contributed by atoms with van der Waals surface area (Å²) < 4.78 is 5.78. The van der Waals surface area contributed by atoms with E-state index in [2.05, 4.69) is 48.8 Å². The Morgan fingerprint density at radius 1 is 1.04 bits per heavy atom. The van der Waals surface area contributed by atoms with Crippen LogP contribution in [0.2, 0.25) is 5.02 Å². The first-order chi connectivity index (χ1) is 13.3. The zero-order valence-corrected chi connectivity index (χ0v) is 17.8. The fraction of sp³-hybridized carbons (Fsp3) is 0.478. The molecule has 152 valence electrons. The van der Waals surface area contributed by atoms with Crippen molar-refractivity contribution in [1.29, 1.82) is 0 Å². The highest BCUT2D eigenvalue weighted by Gasteiger charge is 2.20. The maximum atomic E-state index is 10.4.